The molecule has 20 heavy (non-hydrogen) atoms. The summed E-state index contributed by atoms with van der Waals surface area (Å²) in [6.45, 7) is 8.78. The van der Waals surface area contributed by atoms with E-state index in [4.69, 9.17) is 5.73 Å². The summed E-state index contributed by atoms with van der Waals surface area (Å²) in [4.78, 5) is 4.50. The number of nitrogens with two attached hydrogens (primary N) is 1. The molecule has 0 saturated carbocycles. The molecule has 0 aliphatic carbocycles. The smallest absolute Gasteiger partial charge is 0.111 e. The van der Waals surface area contributed by atoms with Gasteiger partial charge in [-0.05, 0) is 11.5 Å². The Kier molecular flexibility index (Phi) is 4.61. The molecule has 2 atom stereocenters. The quantitative estimate of drug-likeness (QED) is 0.896. The Morgan fingerprint density at radius 3 is 2.25 bits per heavy atom. The Balaban J connectivity index is 2.39. The molecule has 2 aromatic rings. The van der Waals surface area contributed by atoms with Gasteiger partial charge >= 0.3 is 0 Å². The predicted molar refractivity (Wildman–Crippen MR) is 83.6 cm³/mol. The summed E-state index contributed by atoms with van der Waals surface area (Å²) in [7, 11) is 0. The van der Waals surface area contributed by atoms with Crippen LogP contribution >= 0.6 is 0 Å². The van der Waals surface area contributed by atoms with E-state index in [9.17, 15) is 0 Å². The first-order valence-electron chi connectivity index (χ1n) is 7.35. The summed E-state index contributed by atoms with van der Waals surface area (Å²) >= 11 is 0. The highest BCUT2D eigenvalue weighted by Crippen LogP contribution is 2.32. The molecular weight excluding hydrogens is 246 g/mol. The van der Waals surface area contributed by atoms with Gasteiger partial charge < -0.3 is 10.3 Å². The molecule has 3 nitrogen and oxygen atoms in total. The number of hydrogen-bond acceptors (Lipinski definition) is 2. The molecule has 3 heteroatoms. The normalized spacial score (nSPS) is 14.8. The molecule has 2 N–H and O–H groups in total. The Morgan fingerprint density at radius 1 is 1.05 bits per heavy atom. The van der Waals surface area contributed by atoms with E-state index in [1.807, 2.05) is 24.4 Å². The maximum Gasteiger partial charge on any atom is 0.111 e. The first-order valence-corrected chi connectivity index (χ1v) is 7.35. The molecule has 0 spiro atoms. The van der Waals surface area contributed by atoms with E-state index in [-0.39, 0.29) is 12.1 Å². The zero-order valence-electron chi connectivity index (χ0n) is 12.8. The monoisotopic (exact) mass is 271 g/mol. The van der Waals surface area contributed by atoms with Crippen molar-refractivity contribution >= 4 is 0 Å². The SMILES string of the molecule is CC(C)c1nccn1C(C(C)C)C(N)c1ccccc1. The number of aromatic nitrogens is 2. The molecule has 0 aliphatic rings. The van der Waals surface area contributed by atoms with Crippen molar-refractivity contribution in [2.45, 2.75) is 45.7 Å². The maximum atomic E-state index is 6.55. The number of imidazole rings is 1. The number of nitrogens with zero attached hydrogens (tertiary/aromatic N) is 2. The molecular formula is C17H25N3. The van der Waals surface area contributed by atoms with Crippen molar-refractivity contribution < 1.29 is 0 Å². The van der Waals surface area contributed by atoms with Gasteiger partial charge in [-0.2, -0.15) is 0 Å². The molecule has 2 unspecified atom stereocenters. The summed E-state index contributed by atoms with van der Waals surface area (Å²) in [5.41, 5.74) is 7.73. The van der Waals surface area contributed by atoms with Crippen molar-refractivity contribution in [3.8, 4) is 0 Å². The average molecular weight is 271 g/mol. The lowest BCUT2D eigenvalue weighted by Gasteiger charge is -2.31. The van der Waals surface area contributed by atoms with Gasteiger partial charge in [-0.1, -0.05) is 58.0 Å². The Morgan fingerprint density at radius 2 is 1.70 bits per heavy atom. The minimum Gasteiger partial charge on any atom is -0.329 e. The van der Waals surface area contributed by atoms with E-state index < -0.39 is 0 Å². The molecule has 2 rings (SSSR count). The highest BCUT2D eigenvalue weighted by atomic mass is 15.1. The Labute approximate surface area is 121 Å². The molecule has 0 saturated heterocycles. The van der Waals surface area contributed by atoms with Gasteiger partial charge in [0.1, 0.15) is 5.82 Å². The summed E-state index contributed by atoms with van der Waals surface area (Å²) < 4.78 is 2.26. The van der Waals surface area contributed by atoms with Crippen molar-refractivity contribution in [3.05, 3.63) is 54.1 Å². The van der Waals surface area contributed by atoms with E-state index in [2.05, 4.69) is 55.6 Å². The summed E-state index contributed by atoms with van der Waals surface area (Å²) in [5, 5.41) is 0. The fourth-order valence-electron chi connectivity index (χ4n) is 2.81. The van der Waals surface area contributed by atoms with Crippen LogP contribution < -0.4 is 5.73 Å². The third kappa shape index (κ3) is 2.93. The van der Waals surface area contributed by atoms with E-state index in [0.717, 1.165) is 5.82 Å². The van der Waals surface area contributed by atoms with Crippen LogP contribution in [0.1, 0.15) is 57.1 Å². The van der Waals surface area contributed by atoms with Crippen LogP contribution in [0.3, 0.4) is 0 Å². The minimum absolute atomic E-state index is 0.0251. The molecule has 1 aromatic heterocycles. The topological polar surface area (TPSA) is 43.8 Å². The van der Waals surface area contributed by atoms with Crippen LogP contribution in [0.5, 0.6) is 0 Å². The third-order valence-corrected chi connectivity index (χ3v) is 3.77. The van der Waals surface area contributed by atoms with Crippen molar-refractivity contribution in [1.29, 1.82) is 0 Å². The van der Waals surface area contributed by atoms with Crippen molar-refractivity contribution in [1.82, 2.24) is 9.55 Å². The number of benzene rings is 1. The van der Waals surface area contributed by atoms with Gasteiger partial charge in [0.15, 0.2) is 0 Å². The van der Waals surface area contributed by atoms with E-state index in [1.165, 1.54) is 5.56 Å². The summed E-state index contributed by atoms with van der Waals surface area (Å²) in [6.07, 6.45) is 3.94. The molecule has 1 aromatic carbocycles. The summed E-state index contributed by atoms with van der Waals surface area (Å²) in [6, 6.07) is 10.5. The second-order valence-electron chi connectivity index (χ2n) is 6.02. The molecule has 1 heterocycles. The number of hydrogen-bond donors (Lipinski definition) is 1. The second-order valence-corrected chi connectivity index (χ2v) is 6.02. The molecule has 0 amide bonds. The maximum absolute atomic E-state index is 6.55. The average Bonchev–Trinajstić information content (AvgIpc) is 2.88. The number of rotatable bonds is 5. The zero-order valence-corrected chi connectivity index (χ0v) is 12.8. The Bertz CT molecular complexity index is 528. The standard InChI is InChI=1S/C17H25N3/c1-12(2)16(15(18)14-8-6-5-7-9-14)20-11-10-19-17(20)13(3)4/h5-13,15-16H,18H2,1-4H3. The third-order valence-electron chi connectivity index (χ3n) is 3.77. The highest BCUT2D eigenvalue weighted by Gasteiger charge is 2.26. The van der Waals surface area contributed by atoms with E-state index in [1.54, 1.807) is 0 Å². The minimum atomic E-state index is -0.0251. The van der Waals surface area contributed by atoms with Crippen molar-refractivity contribution in [3.63, 3.8) is 0 Å². The van der Waals surface area contributed by atoms with E-state index in [0.29, 0.717) is 11.8 Å². The van der Waals surface area contributed by atoms with Crippen LogP contribution in [0.4, 0.5) is 0 Å². The van der Waals surface area contributed by atoms with Gasteiger partial charge in [-0.25, -0.2) is 4.98 Å². The predicted octanol–water partition coefficient (Wildman–Crippen LogP) is 3.90. The van der Waals surface area contributed by atoms with Crippen molar-refractivity contribution in [2.24, 2.45) is 11.7 Å². The van der Waals surface area contributed by atoms with Crippen LogP contribution in [0.2, 0.25) is 0 Å². The second kappa shape index (κ2) is 6.23. The van der Waals surface area contributed by atoms with Crippen LogP contribution in [0, 0.1) is 5.92 Å². The first kappa shape index (κ1) is 14.8. The fraction of sp³-hybridized carbons (Fsp3) is 0.471. The Hall–Kier alpha value is -1.61. The van der Waals surface area contributed by atoms with Crippen LogP contribution in [-0.4, -0.2) is 9.55 Å². The van der Waals surface area contributed by atoms with E-state index >= 15 is 0 Å². The zero-order chi connectivity index (χ0) is 14.7. The molecule has 0 radical (unpaired) electrons. The first-order chi connectivity index (χ1) is 9.52. The van der Waals surface area contributed by atoms with Gasteiger partial charge in [-0.3, -0.25) is 0 Å². The lowest BCUT2D eigenvalue weighted by molar-refractivity contribution is 0.308. The lowest BCUT2D eigenvalue weighted by Crippen LogP contribution is -2.29. The summed E-state index contributed by atoms with van der Waals surface area (Å²) in [5.74, 6) is 1.95. The van der Waals surface area contributed by atoms with Crippen LogP contribution in [0.15, 0.2) is 42.7 Å². The molecule has 0 bridgehead atoms. The van der Waals surface area contributed by atoms with Gasteiger partial charge in [0.2, 0.25) is 0 Å². The highest BCUT2D eigenvalue weighted by molar-refractivity contribution is 5.20. The largest absolute Gasteiger partial charge is 0.329 e. The molecule has 108 valence electrons. The molecule has 0 aliphatic heterocycles. The van der Waals surface area contributed by atoms with Crippen LogP contribution in [-0.2, 0) is 0 Å². The van der Waals surface area contributed by atoms with Gasteiger partial charge in [-0.15, -0.1) is 0 Å². The fourth-order valence-corrected chi connectivity index (χ4v) is 2.81. The van der Waals surface area contributed by atoms with Gasteiger partial charge in [0.05, 0.1) is 12.1 Å². The molecule has 0 fully saturated rings. The lowest BCUT2D eigenvalue weighted by atomic mass is 9.91. The van der Waals surface area contributed by atoms with Gasteiger partial charge in [0.25, 0.3) is 0 Å². The van der Waals surface area contributed by atoms with Crippen LogP contribution in [0.25, 0.3) is 0 Å². The van der Waals surface area contributed by atoms with Gasteiger partial charge in [0, 0.05) is 18.3 Å². The van der Waals surface area contributed by atoms with Crippen molar-refractivity contribution in [2.75, 3.05) is 0 Å².